The molecule has 4 nitrogen and oxygen atoms in total. The maximum Gasteiger partial charge on any atom is 0.417 e. The fraction of sp³-hybridized carbons (Fsp3) is 0.636. The zero-order valence-electron chi connectivity index (χ0n) is 9.45. The monoisotopic (exact) mass is 211 g/mol. The van der Waals surface area contributed by atoms with E-state index in [0.717, 1.165) is 0 Å². The van der Waals surface area contributed by atoms with Crippen molar-refractivity contribution in [3.05, 3.63) is 12.7 Å². The van der Waals surface area contributed by atoms with Gasteiger partial charge >= 0.3 is 6.09 Å². The molecule has 84 valence electrons. The number of rotatable bonds is 2. The Labute approximate surface area is 89.9 Å². The Morgan fingerprint density at radius 1 is 1.67 bits per heavy atom. The molecule has 0 aromatic carbocycles. The standard InChI is InChI=1S/C11H17NO3/c1-5-6-8-7-9(13)12(8)10(14)15-11(2,3)4/h5,8H,1,6-7H2,2-4H3. The quantitative estimate of drug-likeness (QED) is 0.519. The Hall–Kier alpha value is -1.32. The van der Waals surface area contributed by atoms with Gasteiger partial charge in [0.15, 0.2) is 0 Å². The highest BCUT2D eigenvalue weighted by atomic mass is 16.6. The lowest BCUT2D eigenvalue weighted by molar-refractivity contribution is -0.143. The van der Waals surface area contributed by atoms with Gasteiger partial charge in [-0.1, -0.05) is 6.08 Å². The van der Waals surface area contributed by atoms with E-state index in [1.165, 1.54) is 4.90 Å². The third kappa shape index (κ3) is 2.81. The molecule has 1 aliphatic heterocycles. The number of likely N-dealkylation sites (tertiary alicyclic amines) is 1. The summed E-state index contributed by atoms with van der Waals surface area (Å²) in [5.74, 6) is -0.170. The van der Waals surface area contributed by atoms with Crippen molar-refractivity contribution in [3.63, 3.8) is 0 Å². The third-order valence-corrected chi connectivity index (χ3v) is 2.07. The van der Waals surface area contributed by atoms with Crippen molar-refractivity contribution in [2.75, 3.05) is 0 Å². The molecule has 0 aromatic rings. The lowest BCUT2D eigenvalue weighted by Gasteiger charge is -2.38. The Morgan fingerprint density at radius 3 is 2.67 bits per heavy atom. The minimum Gasteiger partial charge on any atom is -0.443 e. The first-order valence-electron chi connectivity index (χ1n) is 5.01. The van der Waals surface area contributed by atoms with Crippen molar-refractivity contribution in [2.45, 2.75) is 45.3 Å². The fourth-order valence-corrected chi connectivity index (χ4v) is 1.43. The number of carbonyl (C=O) groups excluding carboxylic acids is 2. The first-order chi connectivity index (χ1) is 6.85. The molecule has 1 heterocycles. The molecular weight excluding hydrogens is 194 g/mol. The van der Waals surface area contributed by atoms with Crippen LogP contribution in [-0.4, -0.2) is 28.5 Å². The van der Waals surface area contributed by atoms with Crippen LogP contribution in [0.3, 0.4) is 0 Å². The molecular formula is C11H17NO3. The summed E-state index contributed by atoms with van der Waals surface area (Å²) in [6, 6.07) is -0.0650. The van der Waals surface area contributed by atoms with Gasteiger partial charge < -0.3 is 4.74 Å². The molecule has 1 saturated heterocycles. The number of nitrogens with zero attached hydrogens (tertiary/aromatic N) is 1. The van der Waals surface area contributed by atoms with Crippen LogP contribution in [0, 0.1) is 0 Å². The number of carbonyl (C=O) groups is 2. The molecule has 0 N–H and O–H groups in total. The summed E-state index contributed by atoms with van der Waals surface area (Å²) in [6.07, 6.45) is 2.19. The van der Waals surface area contributed by atoms with Crippen LogP contribution >= 0.6 is 0 Å². The smallest absolute Gasteiger partial charge is 0.417 e. The molecule has 0 aliphatic carbocycles. The van der Waals surface area contributed by atoms with E-state index in [4.69, 9.17) is 4.74 Å². The predicted octanol–water partition coefficient (Wildman–Crippen LogP) is 2.10. The van der Waals surface area contributed by atoms with Gasteiger partial charge in [-0.05, 0) is 27.2 Å². The lowest BCUT2D eigenvalue weighted by atomic mass is 9.99. The van der Waals surface area contributed by atoms with E-state index in [1.54, 1.807) is 26.8 Å². The molecule has 1 atom stereocenters. The Balaban J connectivity index is 2.58. The lowest BCUT2D eigenvalue weighted by Crippen LogP contribution is -2.56. The number of hydrogen-bond acceptors (Lipinski definition) is 3. The minimum absolute atomic E-state index is 0.0650. The van der Waals surface area contributed by atoms with Crippen molar-refractivity contribution in [3.8, 4) is 0 Å². The molecule has 0 radical (unpaired) electrons. The van der Waals surface area contributed by atoms with Gasteiger partial charge in [0, 0.05) is 6.42 Å². The summed E-state index contributed by atoms with van der Waals surface area (Å²) in [5.41, 5.74) is -0.564. The average molecular weight is 211 g/mol. The maximum absolute atomic E-state index is 11.6. The van der Waals surface area contributed by atoms with Gasteiger partial charge in [-0.15, -0.1) is 6.58 Å². The van der Waals surface area contributed by atoms with Crippen LogP contribution in [-0.2, 0) is 9.53 Å². The van der Waals surface area contributed by atoms with E-state index in [-0.39, 0.29) is 11.9 Å². The molecule has 2 amide bonds. The van der Waals surface area contributed by atoms with Gasteiger partial charge in [0.25, 0.3) is 0 Å². The maximum atomic E-state index is 11.6. The Morgan fingerprint density at radius 2 is 2.27 bits per heavy atom. The predicted molar refractivity (Wildman–Crippen MR) is 56.3 cm³/mol. The van der Waals surface area contributed by atoms with E-state index in [9.17, 15) is 9.59 Å². The second kappa shape index (κ2) is 4.04. The van der Waals surface area contributed by atoms with Crippen LogP contribution in [0.5, 0.6) is 0 Å². The first kappa shape index (κ1) is 11.8. The molecule has 15 heavy (non-hydrogen) atoms. The van der Waals surface area contributed by atoms with E-state index in [0.29, 0.717) is 12.8 Å². The number of hydrogen-bond donors (Lipinski definition) is 0. The molecule has 0 spiro atoms. The zero-order valence-corrected chi connectivity index (χ0v) is 9.45. The van der Waals surface area contributed by atoms with Crippen LogP contribution in [0.25, 0.3) is 0 Å². The summed E-state index contributed by atoms with van der Waals surface area (Å²) in [5, 5.41) is 0. The minimum atomic E-state index is -0.564. The van der Waals surface area contributed by atoms with E-state index >= 15 is 0 Å². The largest absolute Gasteiger partial charge is 0.443 e. The van der Waals surface area contributed by atoms with Crippen LogP contribution in [0.2, 0.25) is 0 Å². The third-order valence-electron chi connectivity index (χ3n) is 2.07. The highest BCUT2D eigenvalue weighted by molar-refractivity contribution is 5.97. The van der Waals surface area contributed by atoms with Gasteiger partial charge in [-0.3, -0.25) is 4.79 Å². The molecule has 1 aliphatic rings. The van der Waals surface area contributed by atoms with Gasteiger partial charge in [0.1, 0.15) is 5.60 Å². The highest BCUT2D eigenvalue weighted by Gasteiger charge is 2.42. The van der Waals surface area contributed by atoms with Crippen molar-refractivity contribution < 1.29 is 14.3 Å². The van der Waals surface area contributed by atoms with Crippen LogP contribution < -0.4 is 0 Å². The molecule has 1 fully saturated rings. The molecule has 1 unspecified atom stereocenters. The summed E-state index contributed by atoms with van der Waals surface area (Å²) in [7, 11) is 0. The fourth-order valence-electron chi connectivity index (χ4n) is 1.43. The van der Waals surface area contributed by atoms with Crippen molar-refractivity contribution in [1.29, 1.82) is 0 Å². The van der Waals surface area contributed by atoms with E-state index in [1.807, 2.05) is 0 Å². The van der Waals surface area contributed by atoms with Gasteiger partial charge in [0.05, 0.1) is 6.04 Å². The van der Waals surface area contributed by atoms with E-state index < -0.39 is 11.7 Å². The number of β-lactam (4-membered cyclic amide) rings is 1. The second-order valence-corrected chi connectivity index (χ2v) is 4.63. The number of ether oxygens (including phenoxy) is 1. The summed E-state index contributed by atoms with van der Waals surface area (Å²) >= 11 is 0. The molecule has 0 bridgehead atoms. The second-order valence-electron chi connectivity index (χ2n) is 4.63. The summed E-state index contributed by atoms with van der Waals surface area (Å²) in [4.78, 5) is 24.0. The molecule has 4 heteroatoms. The van der Waals surface area contributed by atoms with Crippen molar-refractivity contribution in [1.82, 2.24) is 4.90 Å². The SMILES string of the molecule is C=CCC1CC(=O)N1C(=O)OC(C)(C)C. The van der Waals surface area contributed by atoms with Crippen molar-refractivity contribution in [2.24, 2.45) is 0 Å². The van der Waals surface area contributed by atoms with Gasteiger partial charge in [0.2, 0.25) is 5.91 Å². The topological polar surface area (TPSA) is 46.6 Å². The number of amides is 2. The van der Waals surface area contributed by atoms with Crippen LogP contribution in [0.15, 0.2) is 12.7 Å². The highest BCUT2D eigenvalue weighted by Crippen LogP contribution is 2.25. The zero-order chi connectivity index (χ0) is 11.6. The van der Waals surface area contributed by atoms with Gasteiger partial charge in [-0.2, -0.15) is 0 Å². The molecule has 0 aromatic heterocycles. The van der Waals surface area contributed by atoms with Crippen LogP contribution in [0.1, 0.15) is 33.6 Å². The molecule has 1 rings (SSSR count). The Bertz CT molecular complexity index is 289. The average Bonchev–Trinajstić information content (AvgIpc) is 1.99. The van der Waals surface area contributed by atoms with E-state index in [2.05, 4.69) is 6.58 Å². The van der Waals surface area contributed by atoms with Crippen LogP contribution in [0.4, 0.5) is 4.79 Å². The Kier molecular flexibility index (Phi) is 3.17. The van der Waals surface area contributed by atoms with Crippen molar-refractivity contribution >= 4 is 12.0 Å². The summed E-state index contributed by atoms with van der Waals surface area (Å²) in [6.45, 7) is 8.91. The molecule has 0 saturated carbocycles. The first-order valence-corrected chi connectivity index (χ1v) is 5.01. The van der Waals surface area contributed by atoms with Gasteiger partial charge in [-0.25, -0.2) is 9.69 Å². The summed E-state index contributed by atoms with van der Waals surface area (Å²) < 4.78 is 5.12. The number of imide groups is 1. The normalized spacial score (nSPS) is 20.9.